The second kappa shape index (κ2) is 5.44. The number of rotatable bonds is 1. The highest BCUT2D eigenvalue weighted by Gasteiger charge is 2.62. The molecule has 24 heavy (non-hydrogen) atoms. The molecule has 0 aromatic heterocycles. The second-order valence-electron chi connectivity index (χ2n) is 9.76. The summed E-state index contributed by atoms with van der Waals surface area (Å²) in [5.74, 6) is 1.60. The van der Waals surface area contributed by atoms with E-state index < -0.39 is 5.97 Å². The van der Waals surface area contributed by atoms with Crippen LogP contribution in [0, 0.1) is 40.4 Å². The van der Waals surface area contributed by atoms with Gasteiger partial charge in [0, 0.05) is 6.04 Å². The molecular weight excluding hydrogens is 302 g/mol. The van der Waals surface area contributed by atoms with E-state index in [0.29, 0.717) is 23.7 Å². The maximum Gasteiger partial charge on any atom is 0.307 e. The fourth-order valence-corrected chi connectivity index (χ4v) is 7.81. The first kappa shape index (κ1) is 16.8. The van der Waals surface area contributed by atoms with E-state index in [4.69, 9.17) is 5.73 Å². The van der Waals surface area contributed by atoms with Gasteiger partial charge in [0.1, 0.15) is 0 Å². The minimum absolute atomic E-state index is 0.00745. The smallest absolute Gasteiger partial charge is 0.307 e. The summed E-state index contributed by atoms with van der Waals surface area (Å²) >= 11 is 0. The summed E-state index contributed by atoms with van der Waals surface area (Å²) in [6, 6.07) is -0.0756. The summed E-state index contributed by atoms with van der Waals surface area (Å²) in [7, 11) is 0. The second-order valence-corrected chi connectivity index (χ2v) is 9.76. The molecule has 4 N–H and O–H groups in total. The van der Waals surface area contributed by atoms with Gasteiger partial charge in [0.2, 0.25) is 0 Å². The molecule has 4 unspecified atom stereocenters. The maximum atomic E-state index is 11.7. The van der Waals surface area contributed by atoms with Crippen LogP contribution in [0.25, 0.3) is 0 Å². The molecule has 0 aromatic rings. The Hall–Kier alpha value is -0.610. The van der Waals surface area contributed by atoms with Gasteiger partial charge in [0.15, 0.2) is 0 Å². The van der Waals surface area contributed by atoms with Crippen LogP contribution in [0.3, 0.4) is 0 Å². The first-order chi connectivity index (χ1) is 11.3. The van der Waals surface area contributed by atoms with Gasteiger partial charge in [-0.05, 0) is 85.9 Å². The molecule has 0 bridgehead atoms. The zero-order valence-electron chi connectivity index (χ0n) is 15.1. The average Bonchev–Trinajstić information content (AvgIpc) is 2.89. The number of aliphatic carboxylic acids is 1. The number of aliphatic hydroxyl groups excluding tert-OH is 1. The third-order valence-corrected chi connectivity index (χ3v) is 9.13. The van der Waals surface area contributed by atoms with Crippen LogP contribution in [0.15, 0.2) is 0 Å². The lowest BCUT2D eigenvalue weighted by molar-refractivity contribution is -0.155. The lowest BCUT2D eigenvalue weighted by Crippen LogP contribution is -2.60. The van der Waals surface area contributed by atoms with Crippen molar-refractivity contribution in [3.05, 3.63) is 0 Å². The highest BCUT2D eigenvalue weighted by atomic mass is 16.4. The minimum atomic E-state index is -0.582. The summed E-state index contributed by atoms with van der Waals surface area (Å²) in [5, 5.41) is 19.9. The molecule has 0 amide bonds. The van der Waals surface area contributed by atoms with E-state index in [1.54, 1.807) is 0 Å². The molecular formula is C20H33NO3. The van der Waals surface area contributed by atoms with Crippen LogP contribution in [0.2, 0.25) is 0 Å². The van der Waals surface area contributed by atoms with Crippen molar-refractivity contribution in [2.75, 3.05) is 0 Å². The number of carboxylic acids is 1. The van der Waals surface area contributed by atoms with Gasteiger partial charge in [-0.3, -0.25) is 4.79 Å². The van der Waals surface area contributed by atoms with Crippen LogP contribution in [-0.4, -0.2) is 28.3 Å². The van der Waals surface area contributed by atoms with Crippen LogP contribution in [-0.2, 0) is 4.79 Å². The molecule has 4 aliphatic rings. The zero-order chi connectivity index (χ0) is 17.3. The molecule has 4 aliphatic carbocycles. The van der Waals surface area contributed by atoms with Crippen molar-refractivity contribution < 1.29 is 15.0 Å². The first-order valence-corrected chi connectivity index (χ1v) is 9.95. The van der Waals surface area contributed by atoms with E-state index in [1.165, 1.54) is 6.42 Å². The molecule has 0 radical (unpaired) electrons. The number of carboxylic acid groups (broad SMARTS) is 1. The van der Waals surface area contributed by atoms with Gasteiger partial charge in [0.05, 0.1) is 12.0 Å². The van der Waals surface area contributed by atoms with Crippen molar-refractivity contribution in [1.82, 2.24) is 0 Å². The highest BCUT2D eigenvalue weighted by molar-refractivity contribution is 5.71. The lowest BCUT2D eigenvalue weighted by atomic mass is 9.44. The summed E-state index contributed by atoms with van der Waals surface area (Å²) in [4.78, 5) is 11.7. The van der Waals surface area contributed by atoms with Gasteiger partial charge in [-0.15, -0.1) is 0 Å². The predicted octanol–water partition coefficient (Wildman–Crippen LogP) is 3.03. The standard InChI is InChI=1S/C20H33NO3/c1-19-10-8-16(22)17(21)14(19)4-3-11-12-5-6-15(18(23)24)20(12,2)9-7-13(11)19/h11-17,22H,3-10,21H2,1-2H3,(H,23,24)/t11-,12-,13+,14?,15?,16?,17?,19+,20-/m0/s1. The van der Waals surface area contributed by atoms with Crippen molar-refractivity contribution in [1.29, 1.82) is 0 Å². The van der Waals surface area contributed by atoms with E-state index in [0.717, 1.165) is 44.9 Å². The summed E-state index contributed by atoms with van der Waals surface area (Å²) in [5.41, 5.74) is 6.64. The molecule has 9 atom stereocenters. The topological polar surface area (TPSA) is 83.5 Å². The fourth-order valence-electron chi connectivity index (χ4n) is 7.81. The third-order valence-electron chi connectivity index (χ3n) is 9.13. The Balaban J connectivity index is 1.63. The number of nitrogens with two attached hydrogens (primary N) is 1. The van der Waals surface area contributed by atoms with Crippen LogP contribution in [0.5, 0.6) is 0 Å². The molecule has 4 fully saturated rings. The number of hydrogen-bond acceptors (Lipinski definition) is 3. The monoisotopic (exact) mass is 335 g/mol. The zero-order valence-corrected chi connectivity index (χ0v) is 15.1. The van der Waals surface area contributed by atoms with Crippen molar-refractivity contribution in [3.8, 4) is 0 Å². The van der Waals surface area contributed by atoms with Gasteiger partial charge in [-0.2, -0.15) is 0 Å². The molecule has 4 rings (SSSR count). The normalized spacial score (nSPS) is 56.9. The summed E-state index contributed by atoms with van der Waals surface area (Å²) < 4.78 is 0. The van der Waals surface area contributed by atoms with Gasteiger partial charge in [-0.25, -0.2) is 0 Å². The Kier molecular flexibility index (Phi) is 3.82. The Labute approximate surface area is 145 Å². The predicted molar refractivity (Wildman–Crippen MR) is 92.2 cm³/mol. The van der Waals surface area contributed by atoms with Gasteiger partial charge in [0.25, 0.3) is 0 Å². The molecule has 4 heteroatoms. The molecule has 0 saturated heterocycles. The van der Waals surface area contributed by atoms with Crippen LogP contribution >= 0.6 is 0 Å². The number of hydrogen-bond donors (Lipinski definition) is 3. The van der Waals surface area contributed by atoms with Crippen LogP contribution in [0.4, 0.5) is 0 Å². The Morgan fingerprint density at radius 1 is 0.917 bits per heavy atom. The Morgan fingerprint density at radius 3 is 2.25 bits per heavy atom. The summed E-state index contributed by atoms with van der Waals surface area (Å²) in [6.45, 7) is 4.68. The third kappa shape index (κ3) is 2.08. The minimum Gasteiger partial charge on any atom is -0.481 e. The number of aliphatic hydroxyl groups is 1. The van der Waals surface area contributed by atoms with E-state index in [-0.39, 0.29) is 28.9 Å². The van der Waals surface area contributed by atoms with Crippen molar-refractivity contribution >= 4 is 5.97 Å². The lowest BCUT2D eigenvalue weighted by Gasteiger charge is -2.62. The SMILES string of the molecule is C[C@]12CCC(O)C(N)C1CC[C@@H]1[C@H]2CC[C@]2(C)C(C(=O)O)CC[C@@H]12. The molecule has 0 heterocycles. The van der Waals surface area contributed by atoms with Gasteiger partial charge < -0.3 is 15.9 Å². The molecule has 0 aromatic carbocycles. The maximum absolute atomic E-state index is 11.7. The van der Waals surface area contributed by atoms with Crippen LogP contribution < -0.4 is 5.73 Å². The largest absolute Gasteiger partial charge is 0.481 e. The van der Waals surface area contributed by atoms with Gasteiger partial charge >= 0.3 is 5.97 Å². The quantitative estimate of drug-likeness (QED) is 0.688. The van der Waals surface area contributed by atoms with Gasteiger partial charge in [-0.1, -0.05) is 13.8 Å². The van der Waals surface area contributed by atoms with Crippen LogP contribution in [0.1, 0.15) is 65.2 Å². The first-order valence-electron chi connectivity index (χ1n) is 9.95. The number of fused-ring (bicyclic) bond motifs is 5. The molecule has 0 spiro atoms. The van der Waals surface area contributed by atoms with Crippen molar-refractivity contribution in [2.45, 2.75) is 77.4 Å². The molecule has 0 aliphatic heterocycles. The van der Waals surface area contributed by atoms with E-state index in [2.05, 4.69) is 13.8 Å². The molecule has 4 nitrogen and oxygen atoms in total. The van der Waals surface area contributed by atoms with E-state index >= 15 is 0 Å². The van der Waals surface area contributed by atoms with Crippen molar-refractivity contribution in [2.24, 2.45) is 46.2 Å². The van der Waals surface area contributed by atoms with E-state index in [1.807, 2.05) is 0 Å². The molecule has 4 saturated carbocycles. The summed E-state index contributed by atoms with van der Waals surface area (Å²) in [6.07, 6.45) is 8.01. The van der Waals surface area contributed by atoms with E-state index in [9.17, 15) is 15.0 Å². The van der Waals surface area contributed by atoms with Crippen molar-refractivity contribution in [3.63, 3.8) is 0 Å². The Bertz CT molecular complexity index is 537. The number of carbonyl (C=O) groups is 1. The average molecular weight is 335 g/mol. The Morgan fingerprint density at radius 2 is 1.54 bits per heavy atom. The fraction of sp³-hybridized carbons (Fsp3) is 0.950. The highest BCUT2D eigenvalue weighted by Crippen LogP contribution is 2.67. The molecule has 136 valence electrons.